The fraction of sp³-hybridized carbons (Fsp3) is 0.192. The minimum Gasteiger partial charge on any atom is -0.497 e. The number of nitrogens with zero attached hydrogens (tertiary/aromatic N) is 1. The van der Waals surface area contributed by atoms with Crippen molar-refractivity contribution >= 4 is 28.2 Å². The van der Waals surface area contributed by atoms with Crippen molar-refractivity contribution in [2.75, 3.05) is 14.2 Å². The minimum atomic E-state index is -4.13. The van der Waals surface area contributed by atoms with Crippen LogP contribution in [-0.4, -0.2) is 40.7 Å². The number of amides is 1. The highest BCUT2D eigenvalue weighted by Crippen LogP contribution is 2.22. The molecule has 3 aromatic rings. The maximum absolute atomic E-state index is 12.8. The third-order valence-corrected chi connectivity index (χ3v) is 6.32. The van der Waals surface area contributed by atoms with Gasteiger partial charge < -0.3 is 13.7 Å². The monoisotopic (exact) mass is 510 g/mol. The molecule has 188 valence electrons. The van der Waals surface area contributed by atoms with E-state index in [1.54, 1.807) is 61.7 Å². The number of aryl methyl sites for hydroxylation is 1. The lowest BCUT2D eigenvalue weighted by Crippen LogP contribution is -2.20. The first kappa shape index (κ1) is 26.4. The van der Waals surface area contributed by atoms with Crippen molar-refractivity contribution in [1.29, 1.82) is 0 Å². The molecule has 0 heterocycles. The van der Waals surface area contributed by atoms with Crippen LogP contribution in [0.1, 0.15) is 23.1 Å². The van der Waals surface area contributed by atoms with Crippen molar-refractivity contribution in [1.82, 2.24) is 5.43 Å². The number of ether oxygens (including phenoxy) is 2. The van der Waals surface area contributed by atoms with Gasteiger partial charge in [0.2, 0.25) is 5.91 Å². The summed E-state index contributed by atoms with van der Waals surface area (Å²) in [5.41, 5.74) is 4.33. The van der Waals surface area contributed by atoms with Crippen LogP contribution in [0.5, 0.6) is 11.5 Å². The summed E-state index contributed by atoms with van der Waals surface area (Å²) in [7, 11) is -1.27. The van der Waals surface area contributed by atoms with Gasteiger partial charge in [0.05, 0.1) is 26.9 Å². The lowest BCUT2D eigenvalue weighted by Gasteiger charge is -2.10. The maximum Gasteiger partial charge on any atom is 0.339 e. The Kier molecular flexibility index (Phi) is 9.18. The average molecular weight is 511 g/mol. The smallest absolute Gasteiger partial charge is 0.339 e. The second-order valence-electron chi connectivity index (χ2n) is 7.62. The minimum absolute atomic E-state index is 0.0392. The molecule has 0 saturated carbocycles. The van der Waals surface area contributed by atoms with Crippen molar-refractivity contribution in [3.63, 3.8) is 0 Å². The highest BCUT2D eigenvalue weighted by molar-refractivity contribution is 7.87. The lowest BCUT2D eigenvalue weighted by atomic mass is 10.1. The van der Waals surface area contributed by atoms with Crippen LogP contribution in [-0.2, 0) is 37.3 Å². The summed E-state index contributed by atoms with van der Waals surface area (Å²) >= 11 is 0. The first-order valence-corrected chi connectivity index (χ1v) is 12.4. The van der Waals surface area contributed by atoms with Crippen LogP contribution in [0.2, 0.25) is 0 Å². The Labute approximate surface area is 209 Å². The molecule has 36 heavy (non-hydrogen) atoms. The number of carbonyl (C=O) groups is 2. The average Bonchev–Trinajstić information content (AvgIpc) is 2.88. The molecule has 0 bridgehead atoms. The fourth-order valence-electron chi connectivity index (χ4n) is 3.18. The highest BCUT2D eigenvalue weighted by atomic mass is 32.2. The molecule has 3 rings (SSSR count). The molecule has 0 aliphatic carbocycles. The number of nitrogens with one attached hydrogen (secondary N) is 1. The number of carbonyl (C=O) groups excluding carboxylic acids is 2. The van der Waals surface area contributed by atoms with E-state index in [1.165, 1.54) is 31.5 Å². The van der Waals surface area contributed by atoms with E-state index in [-0.39, 0.29) is 35.4 Å². The van der Waals surface area contributed by atoms with Crippen LogP contribution in [0.4, 0.5) is 0 Å². The zero-order chi connectivity index (χ0) is 26.0. The molecule has 0 saturated heterocycles. The van der Waals surface area contributed by atoms with Crippen LogP contribution < -0.4 is 14.3 Å². The van der Waals surface area contributed by atoms with Gasteiger partial charge in [-0.3, -0.25) is 9.59 Å². The third kappa shape index (κ3) is 7.67. The Balaban J connectivity index is 1.64. The van der Waals surface area contributed by atoms with Crippen LogP contribution in [0, 0.1) is 0 Å². The van der Waals surface area contributed by atoms with Crippen LogP contribution in [0.15, 0.2) is 82.8 Å². The molecule has 0 fully saturated rings. The molecule has 0 radical (unpaired) electrons. The van der Waals surface area contributed by atoms with Gasteiger partial charge in [-0.05, 0) is 53.9 Å². The zero-order valence-corrected chi connectivity index (χ0v) is 20.7. The van der Waals surface area contributed by atoms with Crippen LogP contribution in [0.3, 0.4) is 0 Å². The first-order chi connectivity index (χ1) is 17.3. The van der Waals surface area contributed by atoms with Gasteiger partial charge in [-0.1, -0.05) is 36.4 Å². The van der Waals surface area contributed by atoms with Crippen molar-refractivity contribution in [2.24, 2.45) is 5.10 Å². The molecule has 1 amide bonds. The van der Waals surface area contributed by atoms with Crippen molar-refractivity contribution < 1.29 is 31.7 Å². The van der Waals surface area contributed by atoms with E-state index < -0.39 is 10.1 Å². The molecule has 10 heteroatoms. The van der Waals surface area contributed by atoms with Gasteiger partial charge in [-0.15, -0.1) is 0 Å². The molecule has 0 spiro atoms. The largest absolute Gasteiger partial charge is 0.497 e. The maximum atomic E-state index is 12.8. The van der Waals surface area contributed by atoms with E-state index in [4.69, 9.17) is 8.92 Å². The molecule has 0 aromatic heterocycles. The van der Waals surface area contributed by atoms with Crippen molar-refractivity contribution in [3.8, 4) is 11.5 Å². The van der Waals surface area contributed by atoms with Crippen molar-refractivity contribution in [2.45, 2.75) is 24.2 Å². The molecule has 0 unspecified atom stereocenters. The van der Waals surface area contributed by atoms with Gasteiger partial charge in [0, 0.05) is 12.0 Å². The van der Waals surface area contributed by atoms with Crippen molar-refractivity contribution in [3.05, 3.63) is 89.5 Å². The first-order valence-electron chi connectivity index (χ1n) is 10.9. The summed E-state index contributed by atoms with van der Waals surface area (Å²) in [4.78, 5) is 23.5. The molecule has 0 aliphatic heterocycles. The molecule has 3 aromatic carbocycles. The van der Waals surface area contributed by atoms with Gasteiger partial charge in [0.1, 0.15) is 10.6 Å². The second kappa shape index (κ2) is 12.5. The van der Waals surface area contributed by atoms with Gasteiger partial charge in [-0.2, -0.15) is 13.5 Å². The number of hydrogen-bond acceptors (Lipinski definition) is 8. The lowest BCUT2D eigenvalue weighted by molar-refractivity contribution is -0.140. The molecule has 0 aliphatic rings. The summed E-state index contributed by atoms with van der Waals surface area (Å²) in [5.74, 6) is 0.00702. The van der Waals surface area contributed by atoms with E-state index >= 15 is 0 Å². The SMILES string of the molecule is COC(=O)CCc1ccc(S(=O)(=O)Oc2ccccc2C=NNC(=O)Cc2cccc(OC)c2)cc1. The predicted molar refractivity (Wildman–Crippen MR) is 133 cm³/mol. The molecule has 1 N–H and O–H groups in total. The fourth-order valence-corrected chi connectivity index (χ4v) is 4.14. The number of hydrogen-bond donors (Lipinski definition) is 1. The van der Waals surface area contributed by atoms with Gasteiger partial charge in [-0.25, -0.2) is 5.43 Å². The van der Waals surface area contributed by atoms with Gasteiger partial charge in [0.15, 0.2) is 5.75 Å². The predicted octanol–water partition coefficient (Wildman–Crippen LogP) is 3.26. The molecular formula is C26H26N2O7S. The summed E-state index contributed by atoms with van der Waals surface area (Å²) in [6.07, 6.45) is 2.03. The third-order valence-electron chi connectivity index (χ3n) is 5.07. The summed E-state index contributed by atoms with van der Waals surface area (Å²) in [6, 6.07) is 19.6. The normalized spacial score (nSPS) is 11.2. The summed E-state index contributed by atoms with van der Waals surface area (Å²) < 4.78 is 40.7. The number of esters is 1. The quantitative estimate of drug-likeness (QED) is 0.182. The Bertz CT molecular complexity index is 1340. The zero-order valence-electron chi connectivity index (χ0n) is 19.8. The summed E-state index contributed by atoms with van der Waals surface area (Å²) in [5, 5.41) is 3.93. The number of methoxy groups -OCH3 is 2. The Hall–Kier alpha value is -4.18. The highest BCUT2D eigenvalue weighted by Gasteiger charge is 2.18. The standard InChI is InChI=1S/C26H26N2O7S/c1-33-22-8-5-6-20(16-22)17-25(29)28-27-18-21-7-3-4-9-24(21)35-36(31,32)23-13-10-19(11-14-23)12-15-26(30)34-2/h3-11,13-14,16,18H,12,15,17H2,1-2H3,(H,28,29). The van der Waals surface area contributed by atoms with Crippen LogP contribution >= 0.6 is 0 Å². The molecular weight excluding hydrogens is 484 g/mol. The Morgan fingerprint density at radius 1 is 0.944 bits per heavy atom. The van der Waals surface area contributed by atoms with E-state index in [9.17, 15) is 18.0 Å². The van der Waals surface area contributed by atoms with E-state index in [2.05, 4.69) is 15.3 Å². The topological polar surface area (TPSA) is 120 Å². The van der Waals surface area contributed by atoms with Gasteiger partial charge in [0.25, 0.3) is 0 Å². The number of para-hydroxylation sites is 1. The Morgan fingerprint density at radius 2 is 1.69 bits per heavy atom. The van der Waals surface area contributed by atoms with Gasteiger partial charge >= 0.3 is 16.1 Å². The second-order valence-corrected chi connectivity index (χ2v) is 9.16. The molecule has 0 atom stereocenters. The number of benzene rings is 3. The van der Waals surface area contributed by atoms with Crippen LogP contribution in [0.25, 0.3) is 0 Å². The number of rotatable bonds is 11. The van der Waals surface area contributed by atoms with E-state index in [0.29, 0.717) is 17.7 Å². The Morgan fingerprint density at radius 3 is 2.42 bits per heavy atom. The van der Waals surface area contributed by atoms with E-state index in [1.807, 2.05) is 0 Å². The van der Waals surface area contributed by atoms with E-state index in [0.717, 1.165) is 11.1 Å². The number of hydrazone groups is 1. The summed E-state index contributed by atoms with van der Waals surface area (Å²) in [6.45, 7) is 0. The molecule has 9 nitrogen and oxygen atoms in total.